The number of methoxy groups -OCH3 is 1. The Hall–Kier alpha value is -0.900. The number of thiophene rings is 1. The molecule has 0 saturated carbocycles. The Balaban J connectivity index is 2.19. The van der Waals surface area contributed by atoms with E-state index in [4.69, 9.17) is 19.3 Å². The van der Waals surface area contributed by atoms with Gasteiger partial charge in [0.25, 0.3) is 0 Å². The van der Waals surface area contributed by atoms with Crippen LogP contribution in [-0.4, -0.2) is 45.3 Å². The molecule has 0 aliphatic rings. The quantitative estimate of drug-likeness (QED) is 0.553. The SMILES string of the molecule is COCCOCCOCc1sccc1C#CCCO. The predicted octanol–water partition coefficient (Wildman–Crippen LogP) is 1.66. The van der Waals surface area contributed by atoms with Gasteiger partial charge in [-0.2, -0.15) is 0 Å². The van der Waals surface area contributed by atoms with Gasteiger partial charge in [0.1, 0.15) is 0 Å². The first-order valence-electron chi connectivity index (χ1n) is 6.19. The summed E-state index contributed by atoms with van der Waals surface area (Å²) in [5, 5.41) is 10.7. The Morgan fingerprint density at radius 3 is 2.79 bits per heavy atom. The van der Waals surface area contributed by atoms with Crippen LogP contribution < -0.4 is 0 Å². The summed E-state index contributed by atoms with van der Waals surface area (Å²) in [4.78, 5) is 1.11. The van der Waals surface area contributed by atoms with Gasteiger partial charge < -0.3 is 19.3 Å². The largest absolute Gasteiger partial charge is 0.395 e. The molecule has 0 atom stereocenters. The minimum Gasteiger partial charge on any atom is -0.395 e. The second-order valence-corrected chi connectivity index (χ2v) is 4.69. The van der Waals surface area contributed by atoms with Crippen molar-refractivity contribution in [3.8, 4) is 11.8 Å². The summed E-state index contributed by atoms with van der Waals surface area (Å²) in [6, 6.07) is 1.98. The number of hydrogen-bond donors (Lipinski definition) is 1. The van der Waals surface area contributed by atoms with Crippen LogP contribution >= 0.6 is 11.3 Å². The molecule has 106 valence electrons. The molecule has 0 aromatic carbocycles. The van der Waals surface area contributed by atoms with Crippen molar-refractivity contribution in [2.24, 2.45) is 0 Å². The summed E-state index contributed by atoms with van der Waals surface area (Å²) >= 11 is 1.63. The van der Waals surface area contributed by atoms with Crippen LogP contribution in [0.5, 0.6) is 0 Å². The molecule has 19 heavy (non-hydrogen) atoms. The monoisotopic (exact) mass is 284 g/mol. The molecular weight excluding hydrogens is 264 g/mol. The third-order valence-electron chi connectivity index (χ3n) is 2.24. The lowest BCUT2D eigenvalue weighted by Gasteiger charge is -2.04. The number of ether oxygens (including phenoxy) is 3. The van der Waals surface area contributed by atoms with Crippen molar-refractivity contribution in [3.05, 3.63) is 21.9 Å². The number of aliphatic hydroxyl groups excluding tert-OH is 1. The highest BCUT2D eigenvalue weighted by atomic mass is 32.1. The Bertz CT molecular complexity index is 392. The van der Waals surface area contributed by atoms with E-state index in [2.05, 4.69) is 11.8 Å². The average molecular weight is 284 g/mol. The summed E-state index contributed by atoms with van der Waals surface area (Å²) in [5.41, 5.74) is 0.985. The lowest BCUT2D eigenvalue weighted by Crippen LogP contribution is -2.08. The fraction of sp³-hybridized carbons (Fsp3) is 0.571. The Labute approximate surface area is 118 Å². The molecule has 1 aromatic heterocycles. The van der Waals surface area contributed by atoms with E-state index in [9.17, 15) is 0 Å². The van der Waals surface area contributed by atoms with Crippen LogP contribution in [0.4, 0.5) is 0 Å². The molecular formula is C14H20O4S. The molecule has 1 heterocycles. The van der Waals surface area contributed by atoms with E-state index < -0.39 is 0 Å². The van der Waals surface area contributed by atoms with Gasteiger partial charge in [-0.05, 0) is 11.4 Å². The van der Waals surface area contributed by atoms with Crippen LogP contribution in [0.25, 0.3) is 0 Å². The minimum atomic E-state index is 0.0990. The van der Waals surface area contributed by atoms with Crippen LogP contribution in [0, 0.1) is 11.8 Å². The standard InChI is InChI=1S/C14H20O4S/c1-16-7-8-17-9-10-18-12-14-13(5-11-19-14)4-2-3-6-15/h5,11,15H,3,6-10,12H2,1H3. The van der Waals surface area contributed by atoms with Crippen molar-refractivity contribution in [3.63, 3.8) is 0 Å². The third kappa shape index (κ3) is 7.31. The van der Waals surface area contributed by atoms with Gasteiger partial charge in [-0.15, -0.1) is 11.3 Å². The second-order valence-electron chi connectivity index (χ2n) is 3.69. The second kappa shape index (κ2) is 11.0. The van der Waals surface area contributed by atoms with Gasteiger partial charge in [0.05, 0.1) is 39.6 Å². The van der Waals surface area contributed by atoms with Gasteiger partial charge in [-0.25, -0.2) is 0 Å². The highest BCUT2D eigenvalue weighted by Crippen LogP contribution is 2.16. The van der Waals surface area contributed by atoms with Crippen molar-refractivity contribution in [1.29, 1.82) is 0 Å². The molecule has 1 rings (SSSR count). The third-order valence-corrected chi connectivity index (χ3v) is 3.14. The highest BCUT2D eigenvalue weighted by molar-refractivity contribution is 7.10. The molecule has 1 N–H and O–H groups in total. The van der Waals surface area contributed by atoms with Gasteiger partial charge in [0, 0.05) is 24.0 Å². The molecule has 0 fully saturated rings. The molecule has 0 aliphatic heterocycles. The highest BCUT2D eigenvalue weighted by Gasteiger charge is 2.01. The fourth-order valence-corrected chi connectivity index (χ4v) is 2.07. The van der Waals surface area contributed by atoms with Crippen molar-refractivity contribution in [2.45, 2.75) is 13.0 Å². The lowest BCUT2D eigenvalue weighted by atomic mass is 10.2. The number of hydrogen-bond acceptors (Lipinski definition) is 5. The van der Waals surface area contributed by atoms with Crippen LogP contribution in [-0.2, 0) is 20.8 Å². The van der Waals surface area contributed by atoms with E-state index in [1.807, 2.05) is 11.4 Å². The minimum absolute atomic E-state index is 0.0990. The molecule has 0 unspecified atom stereocenters. The van der Waals surface area contributed by atoms with Crippen molar-refractivity contribution < 1.29 is 19.3 Å². The van der Waals surface area contributed by atoms with E-state index in [0.29, 0.717) is 39.5 Å². The average Bonchev–Trinajstić information content (AvgIpc) is 2.86. The Morgan fingerprint density at radius 2 is 2.00 bits per heavy atom. The molecule has 4 nitrogen and oxygen atoms in total. The molecule has 0 aliphatic carbocycles. The first-order valence-corrected chi connectivity index (χ1v) is 7.07. The van der Waals surface area contributed by atoms with Crippen molar-refractivity contribution >= 4 is 11.3 Å². The Morgan fingerprint density at radius 1 is 1.21 bits per heavy atom. The summed E-state index contributed by atoms with van der Waals surface area (Å²) < 4.78 is 15.7. The number of rotatable bonds is 9. The van der Waals surface area contributed by atoms with Gasteiger partial charge in [0.2, 0.25) is 0 Å². The molecule has 0 bridgehead atoms. The maximum absolute atomic E-state index is 8.68. The molecule has 0 amide bonds. The molecule has 5 heteroatoms. The van der Waals surface area contributed by atoms with E-state index in [1.165, 1.54) is 0 Å². The van der Waals surface area contributed by atoms with Crippen molar-refractivity contribution in [1.82, 2.24) is 0 Å². The normalized spacial score (nSPS) is 10.2. The molecule has 0 saturated heterocycles. The van der Waals surface area contributed by atoms with Crippen LogP contribution in [0.1, 0.15) is 16.9 Å². The summed E-state index contributed by atoms with van der Waals surface area (Å²) in [6.45, 7) is 2.98. The first-order chi connectivity index (χ1) is 9.38. The summed E-state index contributed by atoms with van der Waals surface area (Å²) in [6.07, 6.45) is 0.503. The zero-order valence-corrected chi connectivity index (χ0v) is 12.0. The Kier molecular flexibility index (Phi) is 9.33. The smallest absolute Gasteiger partial charge is 0.0823 e. The van der Waals surface area contributed by atoms with E-state index in [-0.39, 0.29) is 6.61 Å². The maximum Gasteiger partial charge on any atom is 0.0823 e. The summed E-state index contributed by atoms with van der Waals surface area (Å²) in [7, 11) is 1.65. The zero-order chi connectivity index (χ0) is 13.8. The molecule has 0 spiro atoms. The van der Waals surface area contributed by atoms with Gasteiger partial charge >= 0.3 is 0 Å². The van der Waals surface area contributed by atoms with Crippen LogP contribution in [0.3, 0.4) is 0 Å². The van der Waals surface area contributed by atoms with E-state index >= 15 is 0 Å². The van der Waals surface area contributed by atoms with E-state index in [0.717, 1.165) is 10.4 Å². The van der Waals surface area contributed by atoms with Crippen molar-refractivity contribution in [2.75, 3.05) is 40.1 Å². The predicted molar refractivity (Wildman–Crippen MR) is 75.3 cm³/mol. The molecule has 1 aromatic rings. The van der Waals surface area contributed by atoms with Gasteiger partial charge in [0.15, 0.2) is 0 Å². The number of aliphatic hydroxyl groups is 1. The van der Waals surface area contributed by atoms with Crippen LogP contribution in [0.15, 0.2) is 11.4 Å². The molecule has 0 radical (unpaired) electrons. The first kappa shape index (κ1) is 16.2. The zero-order valence-electron chi connectivity index (χ0n) is 11.2. The summed E-state index contributed by atoms with van der Waals surface area (Å²) in [5.74, 6) is 5.95. The van der Waals surface area contributed by atoms with Gasteiger partial charge in [-0.3, -0.25) is 0 Å². The van der Waals surface area contributed by atoms with Gasteiger partial charge in [-0.1, -0.05) is 11.8 Å². The topological polar surface area (TPSA) is 47.9 Å². The van der Waals surface area contributed by atoms with E-state index in [1.54, 1.807) is 18.4 Å². The fourth-order valence-electron chi connectivity index (χ4n) is 1.30. The van der Waals surface area contributed by atoms with Crippen LogP contribution in [0.2, 0.25) is 0 Å². The lowest BCUT2D eigenvalue weighted by molar-refractivity contribution is 0.0205. The maximum atomic E-state index is 8.68.